The van der Waals surface area contributed by atoms with Gasteiger partial charge in [-0.3, -0.25) is 9.69 Å². The monoisotopic (exact) mass is 312 g/mol. The number of halogens is 1. The summed E-state index contributed by atoms with van der Waals surface area (Å²) in [6.07, 6.45) is 0.207. The van der Waals surface area contributed by atoms with Crippen LogP contribution < -0.4 is 4.74 Å². The maximum atomic E-state index is 10.6. The van der Waals surface area contributed by atoms with Crippen molar-refractivity contribution in [2.24, 2.45) is 0 Å². The average Bonchev–Trinajstić information content (AvgIpc) is 2.48. The van der Waals surface area contributed by atoms with Crippen molar-refractivity contribution in [1.82, 2.24) is 9.80 Å². The number of nitrogens with zero attached hydrogens (tertiary/aromatic N) is 2. The van der Waals surface area contributed by atoms with Crippen LogP contribution in [0.5, 0.6) is 5.75 Å². The molecule has 2 rings (SSSR count). The molecular weight excluding hydrogens is 292 g/mol. The number of piperazine rings is 1. The standard InChI is InChI=1S/C15H21ClN2O3/c1-21-14-4-2-3-13(16)12(14)11-18-9-7-17(8-10-18)6-5-15(19)20/h2-4H,5-11H2,1H3,(H,19,20). The second-order valence-corrected chi connectivity index (χ2v) is 5.59. The molecule has 0 saturated carbocycles. The van der Waals surface area contributed by atoms with Crippen molar-refractivity contribution in [1.29, 1.82) is 0 Å². The highest BCUT2D eigenvalue weighted by Gasteiger charge is 2.19. The van der Waals surface area contributed by atoms with Gasteiger partial charge in [0.25, 0.3) is 0 Å². The van der Waals surface area contributed by atoms with Crippen molar-refractivity contribution in [3.63, 3.8) is 0 Å². The lowest BCUT2D eigenvalue weighted by molar-refractivity contribution is -0.137. The largest absolute Gasteiger partial charge is 0.496 e. The lowest BCUT2D eigenvalue weighted by atomic mass is 10.1. The van der Waals surface area contributed by atoms with Crippen LogP contribution in [-0.4, -0.2) is 60.7 Å². The van der Waals surface area contributed by atoms with Crippen LogP contribution in [0.4, 0.5) is 0 Å². The van der Waals surface area contributed by atoms with Gasteiger partial charge in [-0.1, -0.05) is 17.7 Å². The van der Waals surface area contributed by atoms with E-state index < -0.39 is 5.97 Å². The molecule has 0 atom stereocenters. The zero-order valence-corrected chi connectivity index (χ0v) is 13.0. The van der Waals surface area contributed by atoms with Crippen LogP contribution in [0, 0.1) is 0 Å². The Labute approximate surface area is 130 Å². The SMILES string of the molecule is COc1cccc(Cl)c1CN1CCN(CCC(=O)O)CC1. The minimum Gasteiger partial charge on any atom is -0.496 e. The normalized spacial score (nSPS) is 16.9. The molecule has 6 heteroatoms. The van der Waals surface area contributed by atoms with Crippen molar-refractivity contribution in [3.05, 3.63) is 28.8 Å². The van der Waals surface area contributed by atoms with Crippen molar-refractivity contribution in [2.45, 2.75) is 13.0 Å². The van der Waals surface area contributed by atoms with Gasteiger partial charge in [-0.25, -0.2) is 0 Å². The van der Waals surface area contributed by atoms with Gasteiger partial charge in [0, 0.05) is 49.9 Å². The molecule has 1 aliphatic rings. The summed E-state index contributed by atoms with van der Waals surface area (Å²) in [5, 5.41) is 9.44. The first-order valence-electron chi connectivity index (χ1n) is 7.08. The van der Waals surface area contributed by atoms with E-state index >= 15 is 0 Å². The average molecular weight is 313 g/mol. The van der Waals surface area contributed by atoms with E-state index in [2.05, 4.69) is 9.80 Å². The number of aliphatic carboxylic acids is 1. The van der Waals surface area contributed by atoms with E-state index in [1.54, 1.807) is 7.11 Å². The van der Waals surface area contributed by atoms with Crippen LogP contribution >= 0.6 is 11.6 Å². The number of carboxylic acids is 1. The van der Waals surface area contributed by atoms with Crippen molar-refractivity contribution < 1.29 is 14.6 Å². The van der Waals surface area contributed by atoms with Gasteiger partial charge in [-0.15, -0.1) is 0 Å². The first kappa shape index (κ1) is 16.1. The fourth-order valence-corrected chi connectivity index (χ4v) is 2.76. The van der Waals surface area contributed by atoms with Gasteiger partial charge >= 0.3 is 5.97 Å². The van der Waals surface area contributed by atoms with Gasteiger partial charge in [0.15, 0.2) is 0 Å². The smallest absolute Gasteiger partial charge is 0.304 e. The first-order valence-corrected chi connectivity index (χ1v) is 7.46. The van der Waals surface area contributed by atoms with Crippen LogP contribution in [0.15, 0.2) is 18.2 Å². The van der Waals surface area contributed by atoms with Gasteiger partial charge in [-0.05, 0) is 12.1 Å². The highest BCUT2D eigenvalue weighted by molar-refractivity contribution is 6.31. The van der Waals surface area contributed by atoms with E-state index in [0.717, 1.165) is 49.1 Å². The number of benzene rings is 1. The second kappa shape index (κ2) is 7.64. The van der Waals surface area contributed by atoms with Gasteiger partial charge in [-0.2, -0.15) is 0 Å². The molecule has 0 spiro atoms. The number of carboxylic acid groups (broad SMARTS) is 1. The summed E-state index contributed by atoms with van der Waals surface area (Å²) in [6.45, 7) is 4.98. The predicted molar refractivity (Wildman–Crippen MR) is 82.0 cm³/mol. The lowest BCUT2D eigenvalue weighted by Crippen LogP contribution is -2.46. The zero-order valence-electron chi connectivity index (χ0n) is 12.2. The summed E-state index contributed by atoms with van der Waals surface area (Å²) in [4.78, 5) is 15.1. The minimum atomic E-state index is -0.738. The quantitative estimate of drug-likeness (QED) is 0.870. The molecule has 0 aromatic heterocycles. The number of hydrogen-bond acceptors (Lipinski definition) is 4. The molecule has 1 saturated heterocycles. The number of methoxy groups -OCH3 is 1. The lowest BCUT2D eigenvalue weighted by Gasteiger charge is -2.34. The van der Waals surface area contributed by atoms with E-state index in [4.69, 9.17) is 21.4 Å². The molecule has 5 nitrogen and oxygen atoms in total. The summed E-state index contributed by atoms with van der Waals surface area (Å²) in [6, 6.07) is 5.68. The van der Waals surface area contributed by atoms with E-state index in [1.165, 1.54) is 0 Å². The molecule has 116 valence electrons. The molecule has 0 unspecified atom stereocenters. The Balaban J connectivity index is 1.88. The summed E-state index contributed by atoms with van der Waals surface area (Å²) in [5.41, 5.74) is 1.01. The number of ether oxygens (including phenoxy) is 1. The number of carbonyl (C=O) groups is 1. The molecule has 0 radical (unpaired) electrons. The first-order chi connectivity index (χ1) is 10.1. The van der Waals surface area contributed by atoms with Crippen LogP contribution in [0.1, 0.15) is 12.0 Å². The van der Waals surface area contributed by atoms with E-state index in [9.17, 15) is 4.79 Å². The van der Waals surface area contributed by atoms with E-state index in [1.807, 2.05) is 18.2 Å². The Morgan fingerprint density at radius 1 is 1.29 bits per heavy atom. The van der Waals surface area contributed by atoms with E-state index in [0.29, 0.717) is 6.54 Å². The molecule has 0 aliphatic carbocycles. The molecule has 0 amide bonds. The van der Waals surface area contributed by atoms with Crippen LogP contribution in [0.3, 0.4) is 0 Å². The highest BCUT2D eigenvalue weighted by Crippen LogP contribution is 2.27. The summed E-state index contributed by atoms with van der Waals surface area (Å²) in [7, 11) is 1.65. The van der Waals surface area contributed by atoms with Gasteiger partial charge in [0.1, 0.15) is 5.75 Å². The summed E-state index contributed by atoms with van der Waals surface area (Å²) >= 11 is 6.26. The fraction of sp³-hybridized carbons (Fsp3) is 0.533. The zero-order chi connectivity index (χ0) is 15.2. The summed E-state index contributed by atoms with van der Waals surface area (Å²) < 4.78 is 5.37. The second-order valence-electron chi connectivity index (χ2n) is 5.18. The van der Waals surface area contributed by atoms with Crippen molar-refractivity contribution >= 4 is 17.6 Å². The van der Waals surface area contributed by atoms with Crippen LogP contribution in [0.2, 0.25) is 5.02 Å². The van der Waals surface area contributed by atoms with Crippen LogP contribution in [0.25, 0.3) is 0 Å². The predicted octanol–water partition coefficient (Wildman–Crippen LogP) is 1.94. The maximum absolute atomic E-state index is 10.6. The third-order valence-corrected chi connectivity index (χ3v) is 4.14. The Bertz CT molecular complexity index is 488. The van der Waals surface area contributed by atoms with Gasteiger partial charge in [0.2, 0.25) is 0 Å². The maximum Gasteiger partial charge on any atom is 0.304 e. The van der Waals surface area contributed by atoms with Crippen molar-refractivity contribution in [2.75, 3.05) is 39.8 Å². The Hall–Kier alpha value is -1.30. The molecule has 1 aromatic carbocycles. The Morgan fingerprint density at radius 3 is 2.57 bits per heavy atom. The molecule has 1 fully saturated rings. The summed E-state index contributed by atoms with van der Waals surface area (Å²) in [5.74, 6) is 0.0778. The fourth-order valence-electron chi connectivity index (χ4n) is 2.53. The van der Waals surface area contributed by atoms with Gasteiger partial charge < -0.3 is 14.7 Å². The molecule has 1 N–H and O–H groups in total. The van der Waals surface area contributed by atoms with E-state index in [-0.39, 0.29) is 6.42 Å². The topological polar surface area (TPSA) is 53.0 Å². The van der Waals surface area contributed by atoms with Gasteiger partial charge in [0.05, 0.1) is 13.5 Å². The third-order valence-electron chi connectivity index (χ3n) is 3.78. The van der Waals surface area contributed by atoms with Crippen molar-refractivity contribution in [3.8, 4) is 5.75 Å². The highest BCUT2D eigenvalue weighted by atomic mass is 35.5. The molecular formula is C15H21ClN2O3. The number of rotatable bonds is 6. The molecule has 0 bridgehead atoms. The van der Waals surface area contributed by atoms with Crippen LogP contribution in [-0.2, 0) is 11.3 Å². The molecule has 1 aromatic rings. The Kier molecular flexibility index (Phi) is 5.85. The number of hydrogen-bond donors (Lipinski definition) is 1. The molecule has 1 aliphatic heterocycles. The third kappa shape index (κ3) is 4.59. The Morgan fingerprint density at radius 2 is 1.95 bits per heavy atom. The minimum absolute atomic E-state index is 0.207. The molecule has 1 heterocycles. The molecule has 21 heavy (non-hydrogen) atoms.